The number of nitrogens with zero attached hydrogens (tertiary/aromatic N) is 2. The van der Waals surface area contributed by atoms with Gasteiger partial charge in [-0.15, -0.1) is 11.3 Å². The van der Waals surface area contributed by atoms with Crippen LogP contribution < -0.4 is 0 Å². The van der Waals surface area contributed by atoms with Crippen molar-refractivity contribution in [3.8, 4) is 6.07 Å². The van der Waals surface area contributed by atoms with Crippen molar-refractivity contribution < 1.29 is 4.74 Å². The van der Waals surface area contributed by atoms with Crippen molar-refractivity contribution in [1.82, 2.24) is 4.98 Å². The topological polar surface area (TPSA) is 45.9 Å². The minimum absolute atomic E-state index is 0.300. The Morgan fingerprint density at radius 1 is 1.67 bits per heavy atom. The third-order valence-electron chi connectivity index (χ3n) is 2.64. The van der Waals surface area contributed by atoms with Crippen LogP contribution >= 0.6 is 11.3 Å². The normalized spacial score (nSPS) is 18.5. The van der Waals surface area contributed by atoms with Crippen molar-refractivity contribution in [2.45, 2.75) is 26.2 Å². The molecule has 0 saturated carbocycles. The predicted octanol–water partition coefficient (Wildman–Crippen LogP) is 2.35. The Labute approximate surface area is 93.7 Å². The van der Waals surface area contributed by atoms with Gasteiger partial charge in [-0.05, 0) is 5.92 Å². The molecule has 1 aliphatic rings. The first-order valence-electron chi connectivity index (χ1n) is 5.08. The first-order chi connectivity index (χ1) is 7.15. The Morgan fingerprint density at radius 3 is 2.80 bits per heavy atom. The van der Waals surface area contributed by atoms with Crippen LogP contribution in [0.3, 0.4) is 0 Å². The van der Waals surface area contributed by atoms with Gasteiger partial charge in [-0.2, -0.15) is 5.26 Å². The van der Waals surface area contributed by atoms with E-state index < -0.39 is 0 Å². The molecule has 0 atom stereocenters. The highest BCUT2D eigenvalue weighted by atomic mass is 32.1. The summed E-state index contributed by atoms with van der Waals surface area (Å²) in [5.41, 5.74) is 0.829. The second-order valence-electron chi connectivity index (χ2n) is 4.38. The van der Waals surface area contributed by atoms with E-state index in [-0.39, 0.29) is 5.41 Å². The average molecular weight is 222 g/mol. The van der Waals surface area contributed by atoms with E-state index in [1.54, 1.807) is 11.3 Å². The van der Waals surface area contributed by atoms with E-state index >= 15 is 0 Å². The van der Waals surface area contributed by atoms with Crippen LogP contribution in [-0.4, -0.2) is 18.2 Å². The maximum Gasteiger partial charge on any atom is 0.110 e. The van der Waals surface area contributed by atoms with E-state index in [1.807, 2.05) is 0 Å². The Bertz CT molecular complexity index is 388. The summed E-state index contributed by atoms with van der Waals surface area (Å²) in [6, 6.07) is 2.34. The van der Waals surface area contributed by atoms with Gasteiger partial charge in [0.25, 0.3) is 0 Å². The average Bonchev–Trinajstić information content (AvgIpc) is 2.59. The first-order valence-corrected chi connectivity index (χ1v) is 5.96. The monoisotopic (exact) mass is 222 g/mol. The third kappa shape index (κ3) is 2.04. The van der Waals surface area contributed by atoms with E-state index in [1.165, 1.54) is 0 Å². The number of hydrogen-bond donors (Lipinski definition) is 0. The zero-order chi connectivity index (χ0) is 10.9. The highest BCUT2D eigenvalue weighted by Crippen LogP contribution is 2.32. The van der Waals surface area contributed by atoms with Gasteiger partial charge >= 0.3 is 0 Å². The molecule has 4 heteroatoms. The minimum Gasteiger partial charge on any atom is -0.378 e. The van der Waals surface area contributed by atoms with E-state index in [2.05, 4.69) is 30.3 Å². The number of aromatic nitrogens is 1. The fraction of sp³-hybridized carbons (Fsp3) is 0.636. The maximum atomic E-state index is 9.06. The summed E-state index contributed by atoms with van der Waals surface area (Å²) in [5, 5.41) is 12.2. The molecular formula is C11H14N2OS. The van der Waals surface area contributed by atoms with Crippen LogP contribution in [0.4, 0.5) is 0 Å². The molecule has 80 valence electrons. The van der Waals surface area contributed by atoms with Gasteiger partial charge in [0, 0.05) is 11.8 Å². The largest absolute Gasteiger partial charge is 0.378 e. The second-order valence-corrected chi connectivity index (χ2v) is 5.33. The molecule has 0 spiro atoms. The van der Waals surface area contributed by atoms with Gasteiger partial charge in [-0.25, -0.2) is 4.98 Å². The number of ether oxygens (including phenoxy) is 1. The Kier molecular flexibility index (Phi) is 2.76. The van der Waals surface area contributed by atoms with Gasteiger partial charge in [-0.1, -0.05) is 13.8 Å². The van der Waals surface area contributed by atoms with Crippen LogP contribution in [0.25, 0.3) is 0 Å². The number of thiazole rings is 1. The summed E-state index contributed by atoms with van der Waals surface area (Å²) in [7, 11) is 0. The summed E-state index contributed by atoms with van der Waals surface area (Å²) in [4.78, 5) is 4.54. The lowest BCUT2D eigenvalue weighted by Crippen LogP contribution is -2.43. The van der Waals surface area contributed by atoms with Crippen LogP contribution in [0.5, 0.6) is 0 Å². The van der Waals surface area contributed by atoms with Crippen LogP contribution in [0, 0.1) is 16.7 Å². The lowest BCUT2D eigenvalue weighted by Gasteiger charge is -2.34. The zero-order valence-corrected chi connectivity index (χ0v) is 9.80. The van der Waals surface area contributed by atoms with Gasteiger partial charge in [-0.3, -0.25) is 0 Å². The highest BCUT2D eigenvalue weighted by molar-refractivity contribution is 7.09. The second kappa shape index (κ2) is 3.92. The molecule has 2 rings (SSSR count). The predicted molar refractivity (Wildman–Crippen MR) is 58.8 cm³/mol. The molecule has 0 N–H and O–H groups in total. The molecular weight excluding hydrogens is 208 g/mol. The molecule has 3 nitrogen and oxygen atoms in total. The summed E-state index contributed by atoms with van der Waals surface area (Å²) in [6.45, 7) is 5.37. The van der Waals surface area contributed by atoms with Gasteiger partial charge in [0.05, 0.1) is 30.0 Å². The molecule has 0 aromatic carbocycles. The molecule has 1 saturated heterocycles. The molecule has 1 aromatic heterocycles. The standard InChI is InChI=1S/C11H14N2OS/c1-8(2)9-4-15-10(13-9)3-11(5-12)6-14-7-11/h4,8H,3,6-7H2,1-2H3. The Morgan fingerprint density at radius 2 is 2.40 bits per heavy atom. The molecule has 0 bridgehead atoms. The van der Waals surface area contributed by atoms with E-state index in [4.69, 9.17) is 10.00 Å². The summed E-state index contributed by atoms with van der Waals surface area (Å²) < 4.78 is 5.11. The van der Waals surface area contributed by atoms with Crippen molar-refractivity contribution in [2.75, 3.05) is 13.2 Å². The van der Waals surface area contributed by atoms with Crippen molar-refractivity contribution in [2.24, 2.45) is 5.41 Å². The third-order valence-corrected chi connectivity index (χ3v) is 3.51. The number of rotatable bonds is 3. The van der Waals surface area contributed by atoms with Gasteiger partial charge in [0.1, 0.15) is 5.41 Å². The van der Waals surface area contributed by atoms with E-state index in [9.17, 15) is 0 Å². The SMILES string of the molecule is CC(C)c1csc(CC2(C#N)COC2)n1. The van der Waals surface area contributed by atoms with Crippen molar-refractivity contribution in [3.05, 3.63) is 16.1 Å². The van der Waals surface area contributed by atoms with Gasteiger partial charge < -0.3 is 4.74 Å². The smallest absolute Gasteiger partial charge is 0.110 e. The summed E-state index contributed by atoms with van der Waals surface area (Å²) >= 11 is 1.65. The molecule has 1 aliphatic heterocycles. The number of nitriles is 1. The molecule has 0 radical (unpaired) electrons. The van der Waals surface area contributed by atoms with Crippen molar-refractivity contribution in [3.63, 3.8) is 0 Å². The summed E-state index contributed by atoms with van der Waals surface area (Å²) in [6.07, 6.45) is 0.737. The number of hydrogen-bond acceptors (Lipinski definition) is 4. The Hall–Kier alpha value is -0.920. The molecule has 1 aromatic rings. The van der Waals surface area contributed by atoms with Crippen molar-refractivity contribution >= 4 is 11.3 Å². The maximum absolute atomic E-state index is 9.06. The molecule has 2 heterocycles. The molecule has 1 fully saturated rings. The van der Waals surface area contributed by atoms with Gasteiger partial charge in [0.15, 0.2) is 0 Å². The van der Waals surface area contributed by atoms with Crippen LogP contribution in [-0.2, 0) is 11.2 Å². The quantitative estimate of drug-likeness (QED) is 0.788. The fourth-order valence-corrected chi connectivity index (χ4v) is 2.61. The van der Waals surface area contributed by atoms with Crippen molar-refractivity contribution in [1.29, 1.82) is 5.26 Å². The molecule has 0 aliphatic carbocycles. The van der Waals surface area contributed by atoms with Crippen LogP contribution in [0.1, 0.15) is 30.5 Å². The fourth-order valence-electron chi connectivity index (χ4n) is 1.52. The van der Waals surface area contributed by atoms with Gasteiger partial charge in [0.2, 0.25) is 0 Å². The summed E-state index contributed by atoms with van der Waals surface area (Å²) in [5.74, 6) is 0.464. The van der Waals surface area contributed by atoms with Crippen LogP contribution in [0.15, 0.2) is 5.38 Å². The Balaban J connectivity index is 2.08. The minimum atomic E-state index is -0.300. The lowest BCUT2D eigenvalue weighted by atomic mass is 9.84. The van der Waals surface area contributed by atoms with E-state index in [0.717, 1.165) is 17.1 Å². The van der Waals surface area contributed by atoms with E-state index in [0.29, 0.717) is 19.1 Å². The highest BCUT2D eigenvalue weighted by Gasteiger charge is 2.39. The first kappa shape index (κ1) is 10.6. The molecule has 15 heavy (non-hydrogen) atoms. The molecule has 0 amide bonds. The van der Waals surface area contributed by atoms with Crippen LogP contribution in [0.2, 0.25) is 0 Å². The molecule has 0 unspecified atom stereocenters. The lowest BCUT2D eigenvalue weighted by molar-refractivity contribution is -0.0765. The zero-order valence-electron chi connectivity index (χ0n) is 8.99.